The topological polar surface area (TPSA) is 197 Å². The molecule has 2 atom stereocenters. The molecular formula is C36H44N4O8. The van der Waals surface area contributed by atoms with Crippen molar-refractivity contribution in [1.82, 2.24) is 19.9 Å². The third-order valence-electron chi connectivity index (χ3n) is 9.41. The van der Waals surface area contributed by atoms with Crippen LogP contribution in [0.2, 0.25) is 0 Å². The molecule has 12 nitrogen and oxygen atoms in total. The van der Waals surface area contributed by atoms with Crippen LogP contribution in [0.5, 0.6) is 0 Å². The number of methoxy groups -OCH3 is 2. The minimum atomic E-state index is -0.937. The van der Waals surface area contributed by atoms with Crippen LogP contribution in [0.4, 0.5) is 0 Å². The molecule has 0 fully saturated rings. The maximum absolute atomic E-state index is 11.7. The molecule has 1 aliphatic heterocycles. The number of carboxylic acid groups (broad SMARTS) is 2. The van der Waals surface area contributed by atoms with E-state index in [2.05, 4.69) is 19.9 Å². The molecule has 0 saturated heterocycles. The second kappa shape index (κ2) is 13.3. The van der Waals surface area contributed by atoms with Crippen molar-refractivity contribution in [2.45, 2.75) is 79.4 Å². The van der Waals surface area contributed by atoms with Gasteiger partial charge in [0.15, 0.2) is 11.5 Å². The smallest absolute Gasteiger partial charge is 0.303 e. The van der Waals surface area contributed by atoms with Gasteiger partial charge in [0.2, 0.25) is 0 Å². The van der Waals surface area contributed by atoms with Crippen LogP contribution >= 0.6 is 0 Å². The minimum absolute atomic E-state index is 0.0815. The van der Waals surface area contributed by atoms with Crippen molar-refractivity contribution in [2.24, 2.45) is 0 Å². The molecule has 0 aromatic carbocycles. The molecule has 12 heteroatoms. The Bertz CT molecular complexity index is 2170. The zero-order chi connectivity index (χ0) is 35.2. The van der Waals surface area contributed by atoms with Crippen molar-refractivity contribution in [3.63, 3.8) is 0 Å². The van der Waals surface area contributed by atoms with Gasteiger partial charge in [-0.3, -0.25) is 9.59 Å². The summed E-state index contributed by atoms with van der Waals surface area (Å²) < 4.78 is 12.1. The van der Waals surface area contributed by atoms with Gasteiger partial charge in [-0.05, 0) is 99.9 Å². The van der Waals surface area contributed by atoms with E-state index in [1.54, 1.807) is 21.0 Å². The van der Waals surface area contributed by atoms with Gasteiger partial charge >= 0.3 is 11.9 Å². The van der Waals surface area contributed by atoms with E-state index in [1.807, 2.05) is 39.8 Å². The number of H-pyrrole nitrogens is 4. The Morgan fingerprint density at radius 1 is 0.646 bits per heavy atom. The molecular weight excluding hydrogens is 616 g/mol. The molecule has 256 valence electrons. The maximum Gasteiger partial charge on any atom is 0.303 e. The fraction of sp³-hybridized carbons (Fsp3) is 0.389. The van der Waals surface area contributed by atoms with E-state index in [4.69, 9.17) is 9.47 Å². The van der Waals surface area contributed by atoms with Crippen molar-refractivity contribution in [2.75, 3.05) is 14.2 Å². The van der Waals surface area contributed by atoms with Gasteiger partial charge in [0.1, 0.15) is 0 Å². The lowest BCUT2D eigenvalue weighted by Gasteiger charge is -2.11. The number of aliphatic carboxylic acids is 2. The van der Waals surface area contributed by atoms with Crippen molar-refractivity contribution >= 4 is 35.6 Å². The molecule has 0 aliphatic carbocycles. The quantitative estimate of drug-likeness (QED) is 0.126. The molecule has 1 aliphatic rings. The lowest BCUT2D eigenvalue weighted by molar-refractivity contribution is -0.138. The third-order valence-corrected chi connectivity index (χ3v) is 9.41. The number of carboxylic acids is 2. The summed E-state index contributed by atoms with van der Waals surface area (Å²) >= 11 is 0. The standard InChI is InChI=1S/C36H44N4O8/c1-15-21(9-11-27(43)44)25-14-26-22(10-12-28(45)46)16(2)31(39-26)35(47-7)34-30(20(6)42)18(4)32(40-34)36(48-8)33-29(19(5)41)17(3)24(38-33)13-23(15)37-25/h13-14,19-20,37-42H,9-12H2,1-8H3,(H,43,44)(H,45,46). The number of aliphatic hydroxyl groups is 2. The van der Waals surface area contributed by atoms with Gasteiger partial charge in [-0.25, -0.2) is 0 Å². The zero-order valence-electron chi connectivity index (χ0n) is 28.6. The number of aliphatic hydroxyl groups excluding tert-OH is 2. The Balaban J connectivity index is 2.05. The number of hydrogen-bond acceptors (Lipinski definition) is 6. The Labute approximate surface area is 277 Å². The molecule has 5 heterocycles. The molecule has 8 N–H and O–H groups in total. The highest BCUT2D eigenvalue weighted by atomic mass is 16.5. The highest BCUT2D eigenvalue weighted by molar-refractivity contribution is 5.72. The van der Waals surface area contributed by atoms with Crippen LogP contribution in [0.3, 0.4) is 0 Å². The number of nitrogens with one attached hydrogen (secondary N) is 4. The van der Waals surface area contributed by atoms with Crippen LogP contribution in [-0.4, -0.2) is 66.5 Å². The summed E-state index contributed by atoms with van der Waals surface area (Å²) in [5, 5.41) is 43.8. The first-order valence-corrected chi connectivity index (χ1v) is 15.9. The molecule has 4 aromatic rings. The van der Waals surface area contributed by atoms with Gasteiger partial charge in [-0.1, -0.05) is 0 Å². The van der Waals surface area contributed by atoms with E-state index in [9.17, 15) is 30.0 Å². The Morgan fingerprint density at radius 2 is 1.19 bits per heavy atom. The maximum atomic E-state index is 11.7. The highest BCUT2D eigenvalue weighted by Crippen LogP contribution is 2.32. The second-order valence-electron chi connectivity index (χ2n) is 12.4. The SMILES string of the molecule is COC1=c2[nH]c(c(CCC(=O)O)c2C)=Cc2[nH]c(c(C)c2CCC(=O)O)C=c2[nH]c(c(C(C)O)c2C)=C(OC)c2[nH]c1c(C(C)O)c2C. The van der Waals surface area contributed by atoms with E-state index in [1.165, 1.54) is 7.11 Å². The minimum Gasteiger partial charge on any atom is -0.492 e. The predicted molar refractivity (Wildman–Crippen MR) is 180 cm³/mol. The van der Waals surface area contributed by atoms with Gasteiger partial charge in [-0.2, -0.15) is 0 Å². The Morgan fingerprint density at radius 3 is 1.75 bits per heavy atom. The van der Waals surface area contributed by atoms with Crippen molar-refractivity contribution in [3.8, 4) is 0 Å². The van der Waals surface area contributed by atoms with Gasteiger partial charge in [0, 0.05) is 46.1 Å². The number of aromatic amines is 4. The second-order valence-corrected chi connectivity index (χ2v) is 12.4. The fourth-order valence-corrected chi connectivity index (χ4v) is 7.02. The first-order valence-electron chi connectivity index (χ1n) is 15.9. The summed E-state index contributed by atoms with van der Waals surface area (Å²) in [4.78, 5) is 37.3. The normalized spacial score (nSPS) is 14.0. The summed E-state index contributed by atoms with van der Waals surface area (Å²) in [6.45, 7) is 11.0. The van der Waals surface area contributed by atoms with Crippen LogP contribution in [-0.2, 0) is 31.9 Å². The zero-order valence-corrected chi connectivity index (χ0v) is 28.6. The van der Waals surface area contributed by atoms with Crippen LogP contribution < -0.4 is 21.4 Å². The van der Waals surface area contributed by atoms with Crippen molar-refractivity contribution < 1.29 is 39.5 Å². The van der Waals surface area contributed by atoms with E-state index in [-0.39, 0.29) is 25.7 Å². The Hall–Kier alpha value is -4.94. The molecule has 4 aromatic heterocycles. The van der Waals surface area contributed by atoms with E-state index >= 15 is 0 Å². The van der Waals surface area contributed by atoms with Gasteiger partial charge in [0.05, 0.1) is 48.5 Å². The number of fused-ring (bicyclic) bond motifs is 8. The van der Waals surface area contributed by atoms with Gasteiger partial charge < -0.3 is 49.8 Å². The summed E-state index contributed by atoms with van der Waals surface area (Å²) in [7, 11) is 3.08. The summed E-state index contributed by atoms with van der Waals surface area (Å²) in [5.41, 5.74) is 8.48. The Kier molecular flexibility index (Phi) is 9.52. The number of aromatic nitrogens is 4. The molecule has 2 unspecified atom stereocenters. The van der Waals surface area contributed by atoms with E-state index < -0.39 is 24.1 Å². The monoisotopic (exact) mass is 660 g/mol. The molecule has 48 heavy (non-hydrogen) atoms. The number of rotatable bonds is 10. The average Bonchev–Trinajstić information content (AvgIpc) is 3.70. The lowest BCUT2D eigenvalue weighted by Crippen LogP contribution is -2.20. The number of hydrogen-bond donors (Lipinski definition) is 8. The van der Waals surface area contributed by atoms with Crippen LogP contribution in [0.1, 0.15) is 106 Å². The van der Waals surface area contributed by atoms with E-state index in [0.29, 0.717) is 61.1 Å². The van der Waals surface area contributed by atoms with Gasteiger partial charge in [0.25, 0.3) is 0 Å². The fourth-order valence-electron chi connectivity index (χ4n) is 7.02. The lowest BCUT2D eigenvalue weighted by atomic mass is 10.0. The third kappa shape index (κ3) is 5.97. The highest BCUT2D eigenvalue weighted by Gasteiger charge is 2.27. The molecule has 8 bridgehead atoms. The number of carbonyl (C=O) groups is 2. The van der Waals surface area contributed by atoms with Crippen molar-refractivity contribution in [1.29, 1.82) is 0 Å². The molecule has 0 amide bonds. The summed E-state index contributed by atoms with van der Waals surface area (Å²) in [5.74, 6) is -1.04. The molecule has 0 saturated carbocycles. The molecule has 5 rings (SSSR count). The summed E-state index contributed by atoms with van der Waals surface area (Å²) in [6.07, 6.45) is 2.36. The van der Waals surface area contributed by atoms with Crippen LogP contribution in [0.25, 0.3) is 23.7 Å². The van der Waals surface area contributed by atoms with Crippen LogP contribution in [0.15, 0.2) is 0 Å². The van der Waals surface area contributed by atoms with E-state index in [0.717, 1.165) is 39.1 Å². The average molecular weight is 661 g/mol. The molecule has 0 radical (unpaired) electrons. The van der Waals surface area contributed by atoms with Gasteiger partial charge in [-0.15, -0.1) is 0 Å². The number of ether oxygens (including phenoxy) is 2. The van der Waals surface area contributed by atoms with Crippen molar-refractivity contribution in [3.05, 3.63) is 88.7 Å². The van der Waals surface area contributed by atoms with Crippen LogP contribution in [0, 0.1) is 27.7 Å². The summed E-state index contributed by atoms with van der Waals surface area (Å²) in [6, 6.07) is 0. The largest absolute Gasteiger partial charge is 0.492 e. The molecule has 0 spiro atoms. The predicted octanol–water partition coefficient (Wildman–Crippen LogP) is 1.95. The first kappa shape index (κ1) is 34.4. The first-order chi connectivity index (χ1) is 22.7.